The van der Waals surface area contributed by atoms with Gasteiger partial charge in [0, 0.05) is 0 Å². The molecule has 0 aliphatic heterocycles. The SMILES string of the molecule is CCCCCCCCCCCCCCC/C=C/CCCCC(CC(=O)OCCC)C(=O)O. The molecule has 0 saturated heterocycles. The van der Waals surface area contributed by atoms with Crippen molar-refractivity contribution < 1.29 is 19.4 Å². The fourth-order valence-corrected chi connectivity index (χ4v) is 3.96. The van der Waals surface area contributed by atoms with Crippen molar-refractivity contribution >= 4 is 11.9 Å². The van der Waals surface area contributed by atoms with Crippen LogP contribution in [0.15, 0.2) is 12.2 Å². The zero-order valence-corrected chi connectivity index (χ0v) is 21.3. The van der Waals surface area contributed by atoms with Crippen LogP contribution in [0.5, 0.6) is 0 Å². The zero-order valence-electron chi connectivity index (χ0n) is 21.3. The number of allylic oxidation sites excluding steroid dienone is 2. The molecule has 0 spiro atoms. The third kappa shape index (κ3) is 21.9. The quantitative estimate of drug-likeness (QED) is 0.0904. The van der Waals surface area contributed by atoms with E-state index in [4.69, 9.17) is 4.74 Å². The average molecular weight is 453 g/mol. The Balaban J connectivity index is 3.46. The van der Waals surface area contributed by atoms with Gasteiger partial charge < -0.3 is 9.84 Å². The summed E-state index contributed by atoms with van der Waals surface area (Å²) in [6.45, 7) is 4.57. The molecule has 1 unspecified atom stereocenters. The maximum atomic E-state index is 11.6. The third-order valence-corrected chi connectivity index (χ3v) is 6.04. The standard InChI is InChI=1S/C28H52O4/c1-3-5-6-7-8-9-10-11-12-13-14-15-16-17-18-19-20-21-22-23-26(28(30)31)25-27(29)32-24-4-2/h18-19,26H,3-17,20-25H2,1-2H3,(H,30,31)/b19-18+. The van der Waals surface area contributed by atoms with Crippen LogP contribution in [0.4, 0.5) is 0 Å². The number of carboxylic acid groups (broad SMARTS) is 1. The second-order valence-corrected chi connectivity index (χ2v) is 9.25. The highest BCUT2D eigenvalue weighted by Gasteiger charge is 2.21. The number of carbonyl (C=O) groups is 2. The Labute approximate surface area is 198 Å². The Bertz CT molecular complexity index is 458. The second-order valence-electron chi connectivity index (χ2n) is 9.25. The van der Waals surface area contributed by atoms with E-state index in [0.717, 1.165) is 32.1 Å². The molecule has 1 atom stereocenters. The number of hydrogen-bond donors (Lipinski definition) is 1. The molecule has 0 aromatic heterocycles. The van der Waals surface area contributed by atoms with Gasteiger partial charge >= 0.3 is 11.9 Å². The summed E-state index contributed by atoms with van der Waals surface area (Å²) in [6, 6.07) is 0. The number of carboxylic acids is 1. The number of esters is 1. The predicted octanol–water partition coefficient (Wildman–Crippen LogP) is 8.63. The first-order chi connectivity index (χ1) is 15.6. The molecule has 0 aliphatic carbocycles. The number of rotatable bonds is 24. The van der Waals surface area contributed by atoms with Gasteiger partial charge in [0.15, 0.2) is 0 Å². The van der Waals surface area contributed by atoms with E-state index in [1.54, 1.807) is 0 Å². The van der Waals surface area contributed by atoms with Gasteiger partial charge in [-0.25, -0.2) is 0 Å². The van der Waals surface area contributed by atoms with E-state index in [-0.39, 0.29) is 6.42 Å². The fourth-order valence-electron chi connectivity index (χ4n) is 3.96. The molecular weight excluding hydrogens is 400 g/mol. The van der Waals surface area contributed by atoms with E-state index in [9.17, 15) is 14.7 Å². The van der Waals surface area contributed by atoms with Gasteiger partial charge in [0.2, 0.25) is 0 Å². The maximum absolute atomic E-state index is 11.6. The molecule has 0 rings (SSSR count). The van der Waals surface area contributed by atoms with Gasteiger partial charge in [0.05, 0.1) is 18.9 Å². The molecular formula is C28H52O4. The Hall–Kier alpha value is -1.32. The molecule has 0 radical (unpaired) electrons. The Morgan fingerprint density at radius 3 is 1.62 bits per heavy atom. The molecule has 4 heteroatoms. The van der Waals surface area contributed by atoms with Crippen LogP contribution in [-0.2, 0) is 14.3 Å². The minimum absolute atomic E-state index is 0.00970. The fraction of sp³-hybridized carbons (Fsp3) is 0.857. The Kier molecular flexibility index (Phi) is 23.3. The van der Waals surface area contributed by atoms with E-state index in [1.807, 2.05) is 6.92 Å². The smallest absolute Gasteiger partial charge is 0.307 e. The largest absolute Gasteiger partial charge is 0.481 e. The topological polar surface area (TPSA) is 63.6 Å². The second kappa shape index (κ2) is 24.3. The maximum Gasteiger partial charge on any atom is 0.307 e. The highest BCUT2D eigenvalue weighted by atomic mass is 16.5. The molecule has 0 heterocycles. The molecule has 4 nitrogen and oxygen atoms in total. The van der Waals surface area contributed by atoms with Gasteiger partial charge in [0.1, 0.15) is 0 Å². The van der Waals surface area contributed by atoms with Crippen LogP contribution in [-0.4, -0.2) is 23.7 Å². The van der Waals surface area contributed by atoms with Crippen LogP contribution in [0.25, 0.3) is 0 Å². The number of carbonyl (C=O) groups excluding carboxylic acids is 1. The van der Waals surface area contributed by atoms with Crippen molar-refractivity contribution in [2.75, 3.05) is 6.61 Å². The lowest BCUT2D eigenvalue weighted by molar-refractivity contribution is -0.151. The van der Waals surface area contributed by atoms with Gasteiger partial charge in [-0.2, -0.15) is 0 Å². The lowest BCUT2D eigenvalue weighted by Gasteiger charge is -2.11. The highest BCUT2D eigenvalue weighted by molar-refractivity contribution is 5.78. The number of aliphatic carboxylic acids is 1. The number of ether oxygens (including phenoxy) is 1. The molecule has 0 bridgehead atoms. The molecule has 0 aromatic carbocycles. The first-order valence-corrected chi connectivity index (χ1v) is 13.6. The number of unbranched alkanes of at least 4 members (excludes halogenated alkanes) is 15. The van der Waals surface area contributed by atoms with Crippen molar-refractivity contribution in [1.82, 2.24) is 0 Å². The lowest BCUT2D eigenvalue weighted by atomic mass is 9.98. The van der Waals surface area contributed by atoms with E-state index < -0.39 is 17.9 Å². The monoisotopic (exact) mass is 452 g/mol. The molecule has 0 fully saturated rings. The first kappa shape index (κ1) is 30.7. The van der Waals surface area contributed by atoms with Gasteiger partial charge in [-0.05, 0) is 38.5 Å². The summed E-state index contributed by atoms with van der Waals surface area (Å²) >= 11 is 0. The Morgan fingerprint density at radius 1 is 0.688 bits per heavy atom. The minimum atomic E-state index is -0.892. The first-order valence-electron chi connectivity index (χ1n) is 13.6. The van der Waals surface area contributed by atoms with Gasteiger partial charge in [-0.15, -0.1) is 0 Å². The van der Waals surface area contributed by atoms with E-state index in [1.165, 1.54) is 83.5 Å². The molecule has 0 saturated carbocycles. The van der Waals surface area contributed by atoms with Crippen molar-refractivity contribution in [3.05, 3.63) is 12.2 Å². The third-order valence-electron chi connectivity index (χ3n) is 6.04. The summed E-state index contributed by atoms with van der Waals surface area (Å²) in [6.07, 6.45) is 27.8. The zero-order chi connectivity index (χ0) is 23.7. The van der Waals surface area contributed by atoms with Crippen LogP contribution in [0.3, 0.4) is 0 Å². The minimum Gasteiger partial charge on any atom is -0.481 e. The van der Waals surface area contributed by atoms with Crippen molar-refractivity contribution in [3.63, 3.8) is 0 Å². The molecule has 188 valence electrons. The summed E-state index contributed by atoms with van der Waals surface area (Å²) in [5, 5.41) is 9.28. The van der Waals surface area contributed by atoms with Crippen LogP contribution in [0.2, 0.25) is 0 Å². The van der Waals surface area contributed by atoms with E-state index >= 15 is 0 Å². The van der Waals surface area contributed by atoms with Gasteiger partial charge in [-0.3, -0.25) is 9.59 Å². The van der Waals surface area contributed by atoms with Crippen LogP contribution in [0, 0.1) is 5.92 Å². The van der Waals surface area contributed by atoms with Crippen molar-refractivity contribution in [2.24, 2.45) is 5.92 Å². The summed E-state index contributed by atoms with van der Waals surface area (Å²) in [4.78, 5) is 22.9. The van der Waals surface area contributed by atoms with Crippen molar-refractivity contribution in [2.45, 2.75) is 142 Å². The Morgan fingerprint density at radius 2 is 1.16 bits per heavy atom. The predicted molar refractivity (Wildman–Crippen MR) is 135 cm³/mol. The molecule has 0 aromatic rings. The lowest BCUT2D eigenvalue weighted by Crippen LogP contribution is -2.19. The molecule has 1 N–H and O–H groups in total. The highest BCUT2D eigenvalue weighted by Crippen LogP contribution is 2.16. The van der Waals surface area contributed by atoms with Gasteiger partial charge in [0.25, 0.3) is 0 Å². The average Bonchev–Trinajstić information content (AvgIpc) is 2.78. The molecule has 0 amide bonds. The summed E-state index contributed by atoms with van der Waals surface area (Å²) in [5.41, 5.74) is 0. The molecule has 0 aliphatic rings. The molecule has 32 heavy (non-hydrogen) atoms. The van der Waals surface area contributed by atoms with Gasteiger partial charge in [-0.1, -0.05) is 109 Å². The van der Waals surface area contributed by atoms with Crippen LogP contribution >= 0.6 is 0 Å². The summed E-state index contributed by atoms with van der Waals surface area (Å²) in [5.74, 6) is -1.90. The van der Waals surface area contributed by atoms with Crippen molar-refractivity contribution in [3.8, 4) is 0 Å². The summed E-state index contributed by atoms with van der Waals surface area (Å²) in [7, 11) is 0. The van der Waals surface area contributed by atoms with E-state index in [2.05, 4.69) is 19.1 Å². The van der Waals surface area contributed by atoms with Crippen LogP contribution in [0.1, 0.15) is 142 Å². The van der Waals surface area contributed by atoms with Crippen molar-refractivity contribution in [1.29, 1.82) is 0 Å². The normalized spacial score (nSPS) is 12.3. The van der Waals surface area contributed by atoms with Crippen LogP contribution < -0.4 is 0 Å². The summed E-state index contributed by atoms with van der Waals surface area (Å²) < 4.78 is 5.00. The van der Waals surface area contributed by atoms with E-state index in [0.29, 0.717) is 13.0 Å². The number of hydrogen-bond acceptors (Lipinski definition) is 3.